The summed E-state index contributed by atoms with van der Waals surface area (Å²) in [6, 6.07) is 11.7. The minimum absolute atomic E-state index is 0.000848. The summed E-state index contributed by atoms with van der Waals surface area (Å²) in [5.74, 6) is 0.330. The van der Waals surface area contributed by atoms with E-state index in [0.29, 0.717) is 39.9 Å². The molecule has 4 rings (SSSR count). The van der Waals surface area contributed by atoms with Crippen molar-refractivity contribution in [2.45, 2.75) is 26.8 Å². The summed E-state index contributed by atoms with van der Waals surface area (Å²) in [6.07, 6.45) is 1.53. The highest BCUT2D eigenvalue weighted by Crippen LogP contribution is 2.35. The van der Waals surface area contributed by atoms with Gasteiger partial charge in [0, 0.05) is 30.9 Å². The molecule has 1 aliphatic rings. The SMILES string of the molecule is CN1NNN=C1C(Nc1cc(Cl)c2ncc(C#N)c(NCC(C)(C)C)c2c1)c1ccc(F)cc1. The van der Waals surface area contributed by atoms with Gasteiger partial charge in [0.15, 0.2) is 5.84 Å². The fourth-order valence-electron chi connectivity index (χ4n) is 3.64. The number of fused-ring (bicyclic) bond motifs is 1. The largest absolute Gasteiger partial charge is 0.383 e. The third-order valence-electron chi connectivity index (χ3n) is 5.35. The van der Waals surface area contributed by atoms with Crippen molar-refractivity contribution in [1.29, 1.82) is 5.26 Å². The van der Waals surface area contributed by atoms with E-state index in [4.69, 9.17) is 11.6 Å². The maximum Gasteiger partial charge on any atom is 0.169 e. The van der Waals surface area contributed by atoms with Crippen LogP contribution in [0.5, 0.6) is 0 Å². The third-order valence-corrected chi connectivity index (χ3v) is 5.63. The topological polar surface area (TPSA) is 100 Å². The molecule has 0 aliphatic carbocycles. The first-order chi connectivity index (χ1) is 16.2. The van der Waals surface area contributed by atoms with Crippen molar-refractivity contribution in [1.82, 2.24) is 21.1 Å². The van der Waals surface area contributed by atoms with Gasteiger partial charge in [-0.15, -0.1) is 10.6 Å². The predicted octanol–water partition coefficient (Wildman–Crippen LogP) is 4.78. The van der Waals surface area contributed by atoms with Crippen molar-refractivity contribution in [2.24, 2.45) is 10.5 Å². The van der Waals surface area contributed by atoms with E-state index in [1.54, 1.807) is 23.2 Å². The lowest BCUT2D eigenvalue weighted by Gasteiger charge is -2.25. The molecule has 0 bridgehead atoms. The van der Waals surface area contributed by atoms with Gasteiger partial charge in [0.05, 0.1) is 21.8 Å². The van der Waals surface area contributed by atoms with Crippen LogP contribution in [0.1, 0.15) is 37.9 Å². The number of hydrogen-bond donors (Lipinski definition) is 4. The van der Waals surface area contributed by atoms with Crippen LogP contribution in [-0.4, -0.2) is 29.4 Å². The van der Waals surface area contributed by atoms with Gasteiger partial charge in [-0.2, -0.15) is 5.26 Å². The molecule has 2 heterocycles. The van der Waals surface area contributed by atoms with E-state index in [-0.39, 0.29) is 11.2 Å². The van der Waals surface area contributed by atoms with E-state index in [9.17, 15) is 9.65 Å². The summed E-state index contributed by atoms with van der Waals surface area (Å²) in [5.41, 5.74) is 8.86. The zero-order chi connectivity index (χ0) is 24.5. The third kappa shape index (κ3) is 4.98. The Balaban J connectivity index is 1.79. The normalized spacial score (nSPS) is 14.4. The maximum atomic E-state index is 13.6. The highest BCUT2D eigenvalue weighted by Gasteiger charge is 2.26. The standard InChI is InChI=1S/C24H26ClFN8/c1-24(2,3)13-29-20-15(11-27)12-28-22-18(20)9-17(10-19(22)25)30-21(23-31-32-33-34(23)4)14-5-7-16(26)8-6-14/h5-10,12,21,30,32-33H,13H2,1-4H3,(H,28,29). The van der Waals surface area contributed by atoms with Gasteiger partial charge in [0.1, 0.15) is 17.9 Å². The number of anilines is 2. The molecule has 1 aromatic heterocycles. The number of amidine groups is 1. The molecule has 3 aromatic rings. The number of likely N-dealkylation sites (N-methyl/N-ethyl adjacent to an activating group) is 1. The molecule has 10 heteroatoms. The Morgan fingerprint density at radius 2 is 1.97 bits per heavy atom. The molecule has 2 aromatic carbocycles. The molecular formula is C24H26ClFN8. The highest BCUT2D eigenvalue weighted by atomic mass is 35.5. The van der Waals surface area contributed by atoms with Crippen LogP contribution >= 0.6 is 11.6 Å². The number of halogens is 2. The van der Waals surface area contributed by atoms with Gasteiger partial charge in [0.25, 0.3) is 0 Å². The van der Waals surface area contributed by atoms with Crippen LogP contribution < -0.4 is 21.7 Å². The highest BCUT2D eigenvalue weighted by molar-refractivity contribution is 6.35. The molecule has 0 radical (unpaired) electrons. The van der Waals surface area contributed by atoms with Crippen molar-refractivity contribution in [2.75, 3.05) is 24.2 Å². The summed E-state index contributed by atoms with van der Waals surface area (Å²) < 4.78 is 13.6. The minimum Gasteiger partial charge on any atom is -0.383 e. The lowest BCUT2D eigenvalue weighted by Crippen LogP contribution is -2.41. The van der Waals surface area contributed by atoms with Crippen LogP contribution in [0.2, 0.25) is 5.02 Å². The van der Waals surface area contributed by atoms with E-state index in [2.05, 4.69) is 58.6 Å². The molecule has 0 fully saturated rings. The molecule has 8 nitrogen and oxygen atoms in total. The molecule has 1 unspecified atom stereocenters. The second kappa shape index (κ2) is 9.33. The van der Waals surface area contributed by atoms with Crippen molar-refractivity contribution in [3.63, 3.8) is 0 Å². The number of benzene rings is 2. The number of aromatic nitrogens is 1. The van der Waals surface area contributed by atoms with Crippen molar-refractivity contribution < 1.29 is 4.39 Å². The molecule has 0 amide bonds. The molecule has 0 saturated carbocycles. The Kier molecular flexibility index (Phi) is 6.46. The van der Waals surface area contributed by atoms with Gasteiger partial charge in [0.2, 0.25) is 0 Å². The number of hydrazine groups is 2. The number of rotatable bonds is 6. The van der Waals surface area contributed by atoms with Gasteiger partial charge in [-0.3, -0.25) is 9.99 Å². The summed E-state index contributed by atoms with van der Waals surface area (Å²) >= 11 is 6.63. The van der Waals surface area contributed by atoms with Gasteiger partial charge in [-0.1, -0.05) is 44.5 Å². The van der Waals surface area contributed by atoms with Crippen LogP contribution in [0.3, 0.4) is 0 Å². The predicted molar refractivity (Wildman–Crippen MR) is 134 cm³/mol. The van der Waals surface area contributed by atoms with E-state index in [0.717, 1.165) is 10.9 Å². The quantitative estimate of drug-likeness (QED) is 0.403. The monoisotopic (exact) mass is 480 g/mol. The van der Waals surface area contributed by atoms with Crippen molar-refractivity contribution in [3.05, 3.63) is 64.6 Å². The fraction of sp³-hybridized carbons (Fsp3) is 0.292. The van der Waals surface area contributed by atoms with E-state index in [1.165, 1.54) is 18.3 Å². The van der Waals surface area contributed by atoms with Gasteiger partial charge >= 0.3 is 0 Å². The molecular weight excluding hydrogens is 455 g/mol. The molecule has 0 saturated heterocycles. The lowest BCUT2D eigenvalue weighted by atomic mass is 9.96. The first kappa shape index (κ1) is 23.5. The van der Waals surface area contributed by atoms with Crippen LogP contribution in [0, 0.1) is 22.6 Å². The Labute approximate surface area is 202 Å². The van der Waals surface area contributed by atoms with Crippen LogP contribution in [0.4, 0.5) is 15.8 Å². The summed E-state index contributed by atoms with van der Waals surface area (Å²) in [5, 5.41) is 23.8. The lowest BCUT2D eigenvalue weighted by molar-refractivity contribution is 0.343. The van der Waals surface area contributed by atoms with Crippen molar-refractivity contribution in [3.8, 4) is 6.07 Å². The second-order valence-corrected chi connectivity index (χ2v) is 9.72. The smallest absolute Gasteiger partial charge is 0.169 e. The van der Waals surface area contributed by atoms with E-state index >= 15 is 0 Å². The fourth-order valence-corrected chi connectivity index (χ4v) is 3.91. The molecule has 34 heavy (non-hydrogen) atoms. The van der Waals surface area contributed by atoms with Crippen molar-refractivity contribution >= 4 is 39.7 Å². The number of pyridine rings is 1. The molecule has 4 N–H and O–H groups in total. The van der Waals surface area contributed by atoms with Gasteiger partial charge in [-0.25, -0.2) is 9.93 Å². The summed E-state index contributed by atoms with van der Waals surface area (Å²) in [6.45, 7) is 7.00. The summed E-state index contributed by atoms with van der Waals surface area (Å²) in [7, 11) is 1.82. The second-order valence-electron chi connectivity index (χ2n) is 9.31. The Hall–Kier alpha value is -3.61. The average molecular weight is 481 g/mol. The zero-order valence-corrected chi connectivity index (χ0v) is 20.1. The van der Waals surface area contributed by atoms with Crippen LogP contribution in [0.25, 0.3) is 10.9 Å². The van der Waals surface area contributed by atoms with Crippen LogP contribution in [-0.2, 0) is 0 Å². The van der Waals surface area contributed by atoms with Gasteiger partial charge < -0.3 is 10.6 Å². The number of nitrogens with zero attached hydrogens (tertiary/aromatic N) is 4. The minimum atomic E-state index is -0.417. The van der Waals surface area contributed by atoms with Crippen LogP contribution in [0.15, 0.2) is 47.7 Å². The first-order valence-corrected chi connectivity index (χ1v) is 11.1. The van der Waals surface area contributed by atoms with E-state index < -0.39 is 6.04 Å². The zero-order valence-electron chi connectivity index (χ0n) is 19.4. The number of nitriles is 1. The summed E-state index contributed by atoms with van der Waals surface area (Å²) in [4.78, 5) is 4.42. The first-order valence-electron chi connectivity index (χ1n) is 10.8. The maximum absolute atomic E-state index is 13.6. The number of nitrogens with one attached hydrogen (secondary N) is 4. The average Bonchev–Trinajstić information content (AvgIpc) is 3.21. The Morgan fingerprint density at radius 1 is 1.24 bits per heavy atom. The van der Waals surface area contributed by atoms with Gasteiger partial charge in [-0.05, 0) is 35.2 Å². The number of hydrazone groups is 1. The molecule has 176 valence electrons. The Morgan fingerprint density at radius 3 is 2.59 bits per heavy atom. The Bertz CT molecular complexity index is 1280. The number of hydrogen-bond acceptors (Lipinski definition) is 8. The van der Waals surface area contributed by atoms with E-state index in [1.807, 2.05) is 13.1 Å². The molecule has 1 atom stereocenters. The molecule has 1 aliphatic heterocycles. The molecule has 0 spiro atoms.